The number of halogens is 2. The minimum Gasteiger partial charge on any atom is -0.360 e. The largest absolute Gasteiger partial charge is 0.360 e. The van der Waals surface area contributed by atoms with Crippen molar-refractivity contribution in [3.05, 3.63) is 32.2 Å². The number of anilines is 2. The van der Waals surface area contributed by atoms with Gasteiger partial charge in [0.25, 0.3) is 5.91 Å². The zero-order valence-corrected chi connectivity index (χ0v) is 14.6. The monoisotopic (exact) mass is 418 g/mol. The minimum atomic E-state index is -0.278. The van der Waals surface area contributed by atoms with Crippen LogP contribution in [0.3, 0.4) is 0 Å². The van der Waals surface area contributed by atoms with Crippen LogP contribution < -0.4 is 10.6 Å². The van der Waals surface area contributed by atoms with E-state index in [2.05, 4.69) is 59.6 Å². The molecule has 0 spiro atoms. The molecule has 0 atom stereocenters. The van der Waals surface area contributed by atoms with E-state index in [1.54, 1.807) is 0 Å². The predicted octanol–water partition coefficient (Wildman–Crippen LogP) is 4.14. The molecule has 1 heterocycles. The highest BCUT2D eigenvalue weighted by Gasteiger charge is 2.15. The standard InChI is InChI=1S/C12H12Br2N4OS/c1-2-6-15-12-18-17-11(20-12)10(19)16-9-7(13)4-3-5-8(9)14/h3-5H,2,6H2,1H3,(H,15,18)(H,16,19). The molecular weight excluding hydrogens is 408 g/mol. The van der Waals surface area contributed by atoms with Gasteiger partial charge in [-0.1, -0.05) is 24.3 Å². The van der Waals surface area contributed by atoms with Gasteiger partial charge in [-0.05, 0) is 50.4 Å². The Morgan fingerprint density at radius 2 is 2.00 bits per heavy atom. The first-order valence-electron chi connectivity index (χ1n) is 5.94. The summed E-state index contributed by atoms with van der Waals surface area (Å²) in [6, 6.07) is 5.59. The molecule has 0 fully saturated rings. The number of carbonyl (C=O) groups excluding carboxylic acids is 1. The van der Waals surface area contributed by atoms with Crippen LogP contribution in [-0.2, 0) is 0 Å². The average Bonchev–Trinajstić information content (AvgIpc) is 2.89. The first-order chi connectivity index (χ1) is 9.61. The molecule has 2 aromatic rings. The SMILES string of the molecule is CCCNc1nnc(C(=O)Nc2c(Br)cccc2Br)s1. The van der Waals surface area contributed by atoms with Crippen molar-refractivity contribution < 1.29 is 4.79 Å². The molecule has 106 valence electrons. The van der Waals surface area contributed by atoms with E-state index in [0.717, 1.165) is 21.9 Å². The Morgan fingerprint density at radius 1 is 1.30 bits per heavy atom. The number of amides is 1. The van der Waals surface area contributed by atoms with Crippen molar-refractivity contribution in [1.29, 1.82) is 0 Å². The lowest BCUT2D eigenvalue weighted by Gasteiger charge is -2.07. The predicted molar refractivity (Wildman–Crippen MR) is 88.5 cm³/mol. The van der Waals surface area contributed by atoms with Crippen LogP contribution in [0.4, 0.5) is 10.8 Å². The van der Waals surface area contributed by atoms with Gasteiger partial charge in [-0.15, -0.1) is 10.2 Å². The van der Waals surface area contributed by atoms with Gasteiger partial charge in [0.15, 0.2) is 0 Å². The van der Waals surface area contributed by atoms with Gasteiger partial charge in [0, 0.05) is 15.5 Å². The molecule has 8 heteroatoms. The van der Waals surface area contributed by atoms with E-state index in [0.29, 0.717) is 15.8 Å². The van der Waals surface area contributed by atoms with Gasteiger partial charge < -0.3 is 10.6 Å². The number of nitrogens with one attached hydrogen (secondary N) is 2. The van der Waals surface area contributed by atoms with Crippen molar-refractivity contribution >= 4 is 59.9 Å². The zero-order chi connectivity index (χ0) is 14.5. The van der Waals surface area contributed by atoms with Crippen molar-refractivity contribution in [2.24, 2.45) is 0 Å². The summed E-state index contributed by atoms with van der Waals surface area (Å²) in [4.78, 5) is 12.1. The van der Waals surface area contributed by atoms with Gasteiger partial charge >= 0.3 is 0 Å². The Hall–Kier alpha value is -0.990. The maximum Gasteiger partial charge on any atom is 0.286 e. The van der Waals surface area contributed by atoms with Crippen LogP contribution in [-0.4, -0.2) is 22.6 Å². The molecule has 0 saturated carbocycles. The fraction of sp³-hybridized carbons (Fsp3) is 0.250. The number of rotatable bonds is 5. The second-order valence-corrected chi connectivity index (χ2v) is 6.58. The van der Waals surface area contributed by atoms with E-state index < -0.39 is 0 Å². The molecule has 0 aliphatic heterocycles. The first kappa shape index (κ1) is 15.4. The van der Waals surface area contributed by atoms with E-state index in [9.17, 15) is 4.79 Å². The summed E-state index contributed by atoms with van der Waals surface area (Å²) < 4.78 is 1.60. The van der Waals surface area contributed by atoms with Gasteiger partial charge in [-0.2, -0.15) is 0 Å². The second-order valence-electron chi connectivity index (χ2n) is 3.89. The van der Waals surface area contributed by atoms with Gasteiger partial charge in [-0.25, -0.2) is 0 Å². The van der Waals surface area contributed by atoms with Crippen LogP contribution in [0, 0.1) is 0 Å². The smallest absolute Gasteiger partial charge is 0.286 e. The molecule has 1 aromatic heterocycles. The lowest BCUT2D eigenvalue weighted by atomic mass is 10.3. The number of hydrogen-bond donors (Lipinski definition) is 2. The van der Waals surface area contributed by atoms with E-state index in [-0.39, 0.29) is 5.91 Å². The van der Waals surface area contributed by atoms with E-state index >= 15 is 0 Å². The third-order valence-electron chi connectivity index (χ3n) is 2.35. The lowest BCUT2D eigenvalue weighted by molar-refractivity contribution is 0.102. The molecular formula is C12H12Br2N4OS. The van der Waals surface area contributed by atoms with Crippen LogP contribution in [0.2, 0.25) is 0 Å². The summed E-state index contributed by atoms with van der Waals surface area (Å²) >= 11 is 8.03. The molecule has 2 N–H and O–H groups in total. The molecule has 0 aliphatic carbocycles. The molecule has 0 bridgehead atoms. The Balaban J connectivity index is 2.10. The summed E-state index contributed by atoms with van der Waals surface area (Å²) in [6.45, 7) is 2.87. The van der Waals surface area contributed by atoms with Gasteiger partial charge in [0.2, 0.25) is 10.1 Å². The van der Waals surface area contributed by atoms with Gasteiger partial charge in [-0.3, -0.25) is 4.79 Å². The number of carbonyl (C=O) groups is 1. The Morgan fingerprint density at radius 3 is 2.65 bits per heavy atom. The highest BCUT2D eigenvalue weighted by molar-refractivity contribution is 9.11. The summed E-state index contributed by atoms with van der Waals surface area (Å²) in [7, 11) is 0. The topological polar surface area (TPSA) is 66.9 Å². The Kier molecular flexibility index (Phi) is 5.50. The molecule has 20 heavy (non-hydrogen) atoms. The third kappa shape index (κ3) is 3.77. The van der Waals surface area contributed by atoms with Crippen LogP contribution in [0.5, 0.6) is 0 Å². The highest BCUT2D eigenvalue weighted by Crippen LogP contribution is 2.31. The summed E-state index contributed by atoms with van der Waals surface area (Å²) in [5.74, 6) is -0.278. The zero-order valence-electron chi connectivity index (χ0n) is 10.6. The first-order valence-corrected chi connectivity index (χ1v) is 8.34. The number of benzene rings is 1. The summed E-state index contributed by atoms with van der Waals surface area (Å²) in [5.41, 5.74) is 0.677. The van der Waals surface area contributed by atoms with E-state index in [1.165, 1.54) is 11.3 Å². The molecule has 0 saturated heterocycles. The van der Waals surface area contributed by atoms with Crippen LogP contribution >= 0.6 is 43.2 Å². The van der Waals surface area contributed by atoms with Crippen molar-refractivity contribution in [1.82, 2.24) is 10.2 Å². The number of hydrogen-bond acceptors (Lipinski definition) is 5. The van der Waals surface area contributed by atoms with Crippen LogP contribution in [0.25, 0.3) is 0 Å². The third-order valence-corrected chi connectivity index (χ3v) is 4.55. The summed E-state index contributed by atoms with van der Waals surface area (Å²) in [6.07, 6.45) is 0.991. The molecule has 1 amide bonds. The molecule has 5 nitrogen and oxygen atoms in total. The highest BCUT2D eigenvalue weighted by atomic mass is 79.9. The van der Waals surface area contributed by atoms with Gasteiger partial charge in [0.05, 0.1) is 5.69 Å². The average molecular weight is 420 g/mol. The molecule has 2 rings (SSSR count). The molecule has 0 aliphatic rings. The van der Waals surface area contributed by atoms with Crippen molar-refractivity contribution in [2.75, 3.05) is 17.2 Å². The Labute approximate surface area is 137 Å². The number of aromatic nitrogens is 2. The van der Waals surface area contributed by atoms with E-state index in [4.69, 9.17) is 0 Å². The Bertz CT molecular complexity index is 597. The number of nitrogens with zero attached hydrogens (tertiary/aromatic N) is 2. The molecule has 0 radical (unpaired) electrons. The van der Waals surface area contributed by atoms with Crippen molar-refractivity contribution in [3.8, 4) is 0 Å². The fourth-order valence-corrected chi connectivity index (χ4v) is 3.26. The molecule has 0 unspecified atom stereocenters. The summed E-state index contributed by atoms with van der Waals surface area (Å²) in [5, 5.41) is 14.7. The normalized spacial score (nSPS) is 10.3. The van der Waals surface area contributed by atoms with Crippen LogP contribution in [0.15, 0.2) is 27.1 Å². The second kappa shape index (κ2) is 7.14. The van der Waals surface area contributed by atoms with Crippen molar-refractivity contribution in [3.63, 3.8) is 0 Å². The minimum absolute atomic E-state index is 0.278. The quantitative estimate of drug-likeness (QED) is 0.764. The molecule has 1 aromatic carbocycles. The fourth-order valence-electron chi connectivity index (χ4n) is 1.40. The van der Waals surface area contributed by atoms with Crippen LogP contribution in [0.1, 0.15) is 23.1 Å². The number of para-hydroxylation sites is 1. The van der Waals surface area contributed by atoms with Crippen molar-refractivity contribution in [2.45, 2.75) is 13.3 Å². The lowest BCUT2D eigenvalue weighted by Crippen LogP contribution is -2.12. The van der Waals surface area contributed by atoms with E-state index in [1.807, 2.05) is 18.2 Å². The van der Waals surface area contributed by atoms with Gasteiger partial charge in [0.1, 0.15) is 0 Å². The maximum absolute atomic E-state index is 12.1. The maximum atomic E-state index is 12.1.